The highest BCUT2D eigenvalue weighted by Gasteiger charge is 2.12. The van der Waals surface area contributed by atoms with Crippen molar-refractivity contribution in [2.75, 3.05) is 0 Å². The third kappa shape index (κ3) is 2.48. The summed E-state index contributed by atoms with van der Waals surface area (Å²) in [5, 5.41) is 7.75. The lowest BCUT2D eigenvalue weighted by molar-refractivity contribution is 0.627. The van der Waals surface area contributed by atoms with Crippen molar-refractivity contribution >= 4 is 23.2 Å². The summed E-state index contributed by atoms with van der Waals surface area (Å²) in [4.78, 5) is 0. The van der Waals surface area contributed by atoms with E-state index >= 15 is 0 Å². The summed E-state index contributed by atoms with van der Waals surface area (Å²) in [7, 11) is 0. The monoisotopic (exact) mass is 288 g/mol. The van der Waals surface area contributed by atoms with E-state index < -0.39 is 5.82 Å². The Morgan fingerprint density at radius 1 is 1.39 bits per heavy atom. The minimum Gasteiger partial charge on any atom is -0.323 e. The number of halogens is 3. The second-order valence-corrected chi connectivity index (χ2v) is 4.64. The van der Waals surface area contributed by atoms with E-state index in [9.17, 15) is 4.39 Å². The van der Waals surface area contributed by atoms with E-state index in [4.69, 9.17) is 28.9 Å². The van der Waals surface area contributed by atoms with Crippen LogP contribution in [0.15, 0.2) is 18.3 Å². The molecule has 0 saturated heterocycles. The number of aromatic nitrogens is 3. The minimum atomic E-state index is -0.646. The van der Waals surface area contributed by atoms with Gasteiger partial charge in [0, 0.05) is 0 Å². The molecule has 0 spiro atoms. The van der Waals surface area contributed by atoms with Crippen LogP contribution in [0.4, 0.5) is 4.39 Å². The van der Waals surface area contributed by atoms with E-state index in [0.29, 0.717) is 11.4 Å². The molecule has 0 aliphatic rings. The molecule has 1 aromatic carbocycles. The van der Waals surface area contributed by atoms with Gasteiger partial charge in [0.1, 0.15) is 0 Å². The lowest BCUT2D eigenvalue weighted by Crippen LogP contribution is -2.08. The number of nitrogens with zero attached hydrogens (tertiary/aromatic N) is 3. The van der Waals surface area contributed by atoms with Crippen molar-refractivity contribution in [1.29, 1.82) is 0 Å². The highest BCUT2D eigenvalue weighted by atomic mass is 35.5. The standard InChI is InChI=1S/C11H11Cl2FN4/c1-2-9(15)10-5-18(17-16-10)6-3-7(12)11(14)8(13)4-6/h3-5,9H,2,15H2,1H3. The SMILES string of the molecule is CCC(N)c1cn(-c2cc(Cl)c(F)c(Cl)c2)nn1. The summed E-state index contributed by atoms with van der Waals surface area (Å²) in [5.74, 6) is -0.646. The first-order chi connectivity index (χ1) is 8.52. The molecular formula is C11H11Cl2FN4. The lowest BCUT2D eigenvalue weighted by atomic mass is 10.2. The largest absolute Gasteiger partial charge is 0.323 e. The van der Waals surface area contributed by atoms with Crippen LogP contribution in [-0.4, -0.2) is 15.0 Å². The van der Waals surface area contributed by atoms with E-state index in [1.807, 2.05) is 6.92 Å². The molecule has 1 aromatic heterocycles. The predicted molar refractivity (Wildman–Crippen MR) is 68.6 cm³/mol. The minimum absolute atomic E-state index is 0.0608. The van der Waals surface area contributed by atoms with Gasteiger partial charge in [-0.3, -0.25) is 0 Å². The number of rotatable bonds is 3. The fourth-order valence-corrected chi connectivity index (χ4v) is 1.93. The van der Waals surface area contributed by atoms with E-state index in [0.717, 1.165) is 6.42 Å². The van der Waals surface area contributed by atoms with Gasteiger partial charge in [-0.1, -0.05) is 35.3 Å². The summed E-state index contributed by atoms with van der Waals surface area (Å²) in [6.45, 7) is 1.95. The highest BCUT2D eigenvalue weighted by molar-refractivity contribution is 6.35. The molecule has 0 aliphatic heterocycles. The zero-order valence-electron chi connectivity index (χ0n) is 9.57. The second kappa shape index (κ2) is 5.22. The zero-order chi connectivity index (χ0) is 13.3. The second-order valence-electron chi connectivity index (χ2n) is 3.83. The maximum absolute atomic E-state index is 13.3. The fraction of sp³-hybridized carbons (Fsp3) is 0.273. The Bertz CT molecular complexity index is 547. The predicted octanol–water partition coefficient (Wildman–Crippen LogP) is 3.12. The van der Waals surface area contributed by atoms with Crippen LogP contribution in [0.5, 0.6) is 0 Å². The Labute approximate surface area is 113 Å². The van der Waals surface area contributed by atoms with E-state index in [-0.39, 0.29) is 16.1 Å². The van der Waals surface area contributed by atoms with Gasteiger partial charge in [-0.25, -0.2) is 9.07 Å². The Morgan fingerprint density at radius 2 is 2.00 bits per heavy atom. The molecule has 0 aliphatic carbocycles. The summed E-state index contributed by atoms with van der Waals surface area (Å²) in [6, 6.07) is 2.68. The Kier molecular flexibility index (Phi) is 3.85. The number of benzene rings is 1. The van der Waals surface area contributed by atoms with Gasteiger partial charge in [-0.15, -0.1) is 5.10 Å². The van der Waals surface area contributed by atoms with Gasteiger partial charge in [0.2, 0.25) is 0 Å². The molecule has 1 unspecified atom stereocenters. The summed E-state index contributed by atoms with van der Waals surface area (Å²) < 4.78 is 14.7. The maximum atomic E-state index is 13.3. The van der Waals surface area contributed by atoms with Crippen molar-refractivity contribution in [3.8, 4) is 5.69 Å². The van der Waals surface area contributed by atoms with Crippen molar-refractivity contribution in [2.24, 2.45) is 5.73 Å². The quantitative estimate of drug-likeness (QED) is 0.883. The molecule has 0 fully saturated rings. The van der Waals surface area contributed by atoms with Crippen LogP contribution >= 0.6 is 23.2 Å². The molecule has 2 N–H and O–H groups in total. The molecule has 18 heavy (non-hydrogen) atoms. The fourth-order valence-electron chi connectivity index (χ4n) is 1.46. The third-order valence-electron chi connectivity index (χ3n) is 2.56. The Hall–Kier alpha value is -1.17. The molecule has 0 radical (unpaired) electrons. The molecule has 1 heterocycles. The van der Waals surface area contributed by atoms with Gasteiger partial charge in [-0.05, 0) is 18.6 Å². The number of hydrogen-bond acceptors (Lipinski definition) is 3. The van der Waals surface area contributed by atoms with Gasteiger partial charge < -0.3 is 5.73 Å². The van der Waals surface area contributed by atoms with Crippen LogP contribution in [0.25, 0.3) is 5.69 Å². The lowest BCUT2D eigenvalue weighted by Gasteiger charge is -2.04. The van der Waals surface area contributed by atoms with E-state index in [1.165, 1.54) is 16.8 Å². The topological polar surface area (TPSA) is 56.7 Å². The van der Waals surface area contributed by atoms with Crippen LogP contribution in [0.1, 0.15) is 25.1 Å². The van der Waals surface area contributed by atoms with Gasteiger partial charge >= 0.3 is 0 Å². The third-order valence-corrected chi connectivity index (χ3v) is 3.11. The molecule has 7 heteroatoms. The average molecular weight is 289 g/mol. The van der Waals surface area contributed by atoms with Crippen LogP contribution in [0.3, 0.4) is 0 Å². The molecule has 0 bridgehead atoms. The molecule has 2 aromatic rings. The molecule has 1 atom stereocenters. The van der Waals surface area contributed by atoms with Crippen LogP contribution in [-0.2, 0) is 0 Å². The molecule has 0 amide bonds. The molecule has 2 rings (SSSR count). The Balaban J connectivity index is 2.40. The van der Waals surface area contributed by atoms with Gasteiger partial charge in [0.05, 0.1) is 33.7 Å². The van der Waals surface area contributed by atoms with Crippen molar-refractivity contribution < 1.29 is 4.39 Å². The van der Waals surface area contributed by atoms with Crippen molar-refractivity contribution in [1.82, 2.24) is 15.0 Å². The van der Waals surface area contributed by atoms with E-state index in [2.05, 4.69) is 10.3 Å². The van der Waals surface area contributed by atoms with Gasteiger partial charge in [0.25, 0.3) is 0 Å². The van der Waals surface area contributed by atoms with Crippen molar-refractivity contribution in [2.45, 2.75) is 19.4 Å². The van der Waals surface area contributed by atoms with Crippen LogP contribution < -0.4 is 5.73 Å². The summed E-state index contributed by atoms with van der Waals surface area (Å²) in [6.07, 6.45) is 2.43. The maximum Gasteiger partial charge on any atom is 0.160 e. The number of nitrogens with two attached hydrogens (primary N) is 1. The zero-order valence-corrected chi connectivity index (χ0v) is 11.1. The first-order valence-electron chi connectivity index (χ1n) is 5.35. The van der Waals surface area contributed by atoms with Gasteiger partial charge in [-0.2, -0.15) is 0 Å². The van der Waals surface area contributed by atoms with Gasteiger partial charge in [0.15, 0.2) is 5.82 Å². The van der Waals surface area contributed by atoms with Crippen LogP contribution in [0, 0.1) is 5.82 Å². The molecule has 0 saturated carbocycles. The smallest absolute Gasteiger partial charge is 0.160 e. The summed E-state index contributed by atoms with van der Waals surface area (Å²) in [5.41, 5.74) is 7.04. The average Bonchev–Trinajstić information content (AvgIpc) is 2.84. The highest BCUT2D eigenvalue weighted by Crippen LogP contribution is 2.26. The summed E-state index contributed by atoms with van der Waals surface area (Å²) >= 11 is 11.4. The van der Waals surface area contributed by atoms with Crippen molar-refractivity contribution in [3.05, 3.63) is 39.9 Å². The number of hydrogen-bond donors (Lipinski definition) is 1. The molecule has 96 valence electrons. The first kappa shape index (κ1) is 13.3. The van der Waals surface area contributed by atoms with Crippen molar-refractivity contribution in [3.63, 3.8) is 0 Å². The normalized spacial score (nSPS) is 12.7. The molecular weight excluding hydrogens is 278 g/mol. The van der Waals surface area contributed by atoms with Crippen LogP contribution in [0.2, 0.25) is 10.0 Å². The Morgan fingerprint density at radius 3 is 2.56 bits per heavy atom. The van der Waals surface area contributed by atoms with E-state index in [1.54, 1.807) is 6.20 Å². The molecule has 4 nitrogen and oxygen atoms in total. The first-order valence-corrected chi connectivity index (χ1v) is 6.11.